The molecule has 1 aromatic carbocycles. The number of carbonyl (C=O) groups is 1. The van der Waals surface area contributed by atoms with E-state index >= 15 is 0 Å². The van der Waals surface area contributed by atoms with E-state index < -0.39 is 6.10 Å². The number of amides is 1. The van der Waals surface area contributed by atoms with Crippen LogP contribution in [-0.2, 0) is 4.79 Å². The van der Waals surface area contributed by atoms with Gasteiger partial charge in [-0.15, -0.1) is 0 Å². The molecule has 1 aliphatic heterocycles. The topological polar surface area (TPSA) is 40.5 Å². The minimum Gasteiger partial charge on any atom is -0.383 e. The first-order valence-electron chi connectivity index (χ1n) is 5.83. The number of rotatable bonds is 2. The lowest BCUT2D eigenvalue weighted by atomic mass is 10.0. The van der Waals surface area contributed by atoms with E-state index in [0.717, 1.165) is 12.0 Å². The number of benzene rings is 1. The van der Waals surface area contributed by atoms with Crippen LogP contribution in [0.15, 0.2) is 24.3 Å². The van der Waals surface area contributed by atoms with Crippen LogP contribution in [0.5, 0.6) is 0 Å². The van der Waals surface area contributed by atoms with Crippen molar-refractivity contribution in [3.63, 3.8) is 0 Å². The van der Waals surface area contributed by atoms with E-state index in [2.05, 4.69) is 0 Å². The van der Waals surface area contributed by atoms with Gasteiger partial charge < -0.3 is 10.0 Å². The number of hydrogen-bond acceptors (Lipinski definition) is 2. The highest BCUT2D eigenvalue weighted by Gasteiger charge is 2.30. The first kappa shape index (κ1) is 12.0. The fourth-order valence-electron chi connectivity index (χ4n) is 2.19. The Bertz CT molecular complexity index is 404. The second-order valence-corrected chi connectivity index (χ2v) is 4.42. The molecule has 17 heavy (non-hydrogen) atoms. The third-order valence-corrected chi connectivity index (χ3v) is 3.26. The molecule has 0 aliphatic carbocycles. The summed E-state index contributed by atoms with van der Waals surface area (Å²) in [5.41, 5.74) is 0.883. The van der Waals surface area contributed by atoms with Gasteiger partial charge in [-0.3, -0.25) is 4.79 Å². The van der Waals surface area contributed by atoms with Crippen molar-refractivity contribution in [2.45, 2.75) is 31.9 Å². The molecule has 0 saturated carbocycles. The van der Waals surface area contributed by atoms with Gasteiger partial charge in [-0.2, -0.15) is 0 Å². The molecule has 2 atom stereocenters. The Labute approximate surface area is 99.9 Å². The van der Waals surface area contributed by atoms with Gasteiger partial charge in [-0.05, 0) is 37.5 Å². The monoisotopic (exact) mass is 237 g/mol. The van der Waals surface area contributed by atoms with Crippen LogP contribution in [0.3, 0.4) is 0 Å². The Morgan fingerprint density at radius 2 is 2.06 bits per heavy atom. The minimum atomic E-state index is -0.883. The van der Waals surface area contributed by atoms with Crippen molar-refractivity contribution < 1.29 is 14.3 Å². The molecule has 0 unspecified atom stereocenters. The maximum absolute atomic E-state index is 12.8. The van der Waals surface area contributed by atoms with Crippen LogP contribution in [0.2, 0.25) is 0 Å². The number of carbonyl (C=O) groups excluding carboxylic acids is 1. The van der Waals surface area contributed by atoms with Crippen molar-refractivity contribution in [2.24, 2.45) is 0 Å². The Kier molecular flexibility index (Phi) is 3.43. The largest absolute Gasteiger partial charge is 0.383 e. The van der Waals surface area contributed by atoms with Gasteiger partial charge in [0.2, 0.25) is 0 Å². The fraction of sp³-hybridized carbons (Fsp3) is 0.462. The van der Waals surface area contributed by atoms with E-state index in [-0.39, 0.29) is 17.8 Å². The lowest BCUT2D eigenvalue weighted by Gasteiger charge is -2.35. The summed E-state index contributed by atoms with van der Waals surface area (Å²) in [6.45, 7) is 2.54. The van der Waals surface area contributed by atoms with E-state index in [1.54, 1.807) is 17.0 Å². The van der Waals surface area contributed by atoms with E-state index in [4.69, 9.17) is 0 Å². The van der Waals surface area contributed by atoms with Gasteiger partial charge in [0.05, 0.1) is 6.04 Å². The zero-order chi connectivity index (χ0) is 12.4. The minimum absolute atomic E-state index is 0.127. The van der Waals surface area contributed by atoms with E-state index in [0.29, 0.717) is 13.0 Å². The Morgan fingerprint density at radius 3 is 2.71 bits per heavy atom. The highest BCUT2D eigenvalue weighted by atomic mass is 19.1. The highest BCUT2D eigenvalue weighted by molar-refractivity contribution is 5.81. The first-order chi connectivity index (χ1) is 8.09. The van der Waals surface area contributed by atoms with Crippen LogP contribution < -0.4 is 0 Å². The average molecular weight is 237 g/mol. The Balaban J connectivity index is 2.16. The summed E-state index contributed by atoms with van der Waals surface area (Å²) in [5.74, 6) is -0.515. The van der Waals surface area contributed by atoms with Crippen molar-refractivity contribution in [3.8, 4) is 0 Å². The van der Waals surface area contributed by atoms with Crippen molar-refractivity contribution >= 4 is 5.91 Å². The molecule has 4 heteroatoms. The van der Waals surface area contributed by atoms with Gasteiger partial charge in [-0.1, -0.05) is 12.1 Å². The number of nitrogens with zero attached hydrogens (tertiary/aromatic N) is 1. The molecule has 3 nitrogen and oxygen atoms in total. The van der Waals surface area contributed by atoms with Crippen LogP contribution in [0, 0.1) is 5.82 Å². The normalized spacial score (nSPS) is 22.6. The maximum Gasteiger partial charge on any atom is 0.251 e. The molecular weight excluding hydrogens is 221 g/mol. The predicted molar refractivity (Wildman–Crippen MR) is 61.8 cm³/mol. The molecule has 1 aromatic rings. The van der Waals surface area contributed by atoms with Crippen molar-refractivity contribution in [1.29, 1.82) is 0 Å². The average Bonchev–Trinajstić information content (AvgIpc) is 2.33. The van der Waals surface area contributed by atoms with Crippen LogP contribution in [0.4, 0.5) is 4.39 Å². The van der Waals surface area contributed by atoms with Crippen molar-refractivity contribution in [1.82, 2.24) is 4.90 Å². The summed E-state index contributed by atoms with van der Waals surface area (Å²) in [5, 5.41) is 9.54. The van der Waals surface area contributed by atoms with E-state index in [1.165, 1.54) is 12.1 Å². The lowest BCUT2D eigenvalue weighted by Crippen LogP contribution is -2.45. The second kappa shape index (κ2) is 4.84. The number of aliphatic hydroxyl groups excluding tert-OH is 1. The molecule has 0 bridgehead atoms. The summed E-state index contributed by atoms with van der Waals surface area (Å²) >= 11 is 0. The van der Waals surface area contributed by atoms with Crippen LogP contribution in [-0.4, -0.2) is 28.6 Å². The van der Waals surface area contributed by atoms with E-state index in [1.807, 2.05) is 6.92 Å². The molecule has 2 rings (SSSR count). The molecule has 92 valence electrons. The fourth-order valence-corrected chi connectivity index (χ4v) is 2.19. The molecule has 1 heterocycles. The summed E-state index contributed by atoms with van der Waals surface area (Å²) < 4.78 is 12.8. The van der Waals surface area contributed by atoms with Crippen LogP contribution in [0.1, 0.15) is 31.4 Å². The van der Waals surface area contributed by atoms with Gasteiger partial charge in [0, 0.05) is 6.54 Å². The van der Waals surface area contributed by atoms with Crippen LogP contribution >= 0.6 is 0 Å². The number of hydrogen-bond donors (Lipinski definition) is 1. The zero-order valence-corrected chi connectivity index (χ0v) is 9.77. The highest BCUT2D eigenvalue weighted by Crippen LogP contribution is 2.25. The van der Waals surface area contributed by atoms with Gasteiger partial charge in [-0.25, -0.2) is 4.39 Å². The lowest BCUT2D eigenvalue weighted by molar-refractivity contribution is -0.146. The SMILES string of the molecule is C[C@@H](c1ccc(F)cc1)N1CCC[C@@H](O)C1=O. The molecule has 1 saturated heterocycles. The van der Waals surface area contributed by atoms with Gasteiger partial charge >= 0.3 is 0 Å². The summed E-state index contributed by atoms with van der Waals surface area (Å²) in [7, 11) is 0. The Morgan fingerprint density at radius 1 is 1.41 bits per heavy atom. The smallest absolute Gasteiger partial charge is 0.251 e. The van der Waals surface area contributed by atoms with Gasteiger partial charge in [0.1, 0.15) is 11.9 Å². The summed E-state index contributed by atoms with van der Waals surface area (Å²) in [6.07, 6.45) is 0.454. The number of aliphatic hydroxyl groups is 1. The van der Waals surface area contributed by atoms with E-state index in [9.17, 15) is 14.3 Å². The quantitative estimate of drug-likeness (QED) is 0.853. The standard InChI is InChI=1S/C13H16FNO2/c1-9(10-4-6-11(14)7-5-10)15-8-2-3-12(16)13(15)17/h4-7,9,12,16H,2-3,8H2,1H3/t9-,12+/m0/s1. The summed E-state index contributed by atoms with van der Waals surface area (Å²) in [4.78, 5) is 13.5. The number of likely N-dealkylation sites (tertiary alicyclic amines) is 1. The number of piperidine rings is 1. The second-order valence-electron chi connectivity index (χ2n) is 4.42. The summed E-state index contributed by atoms with van der Waals surface area (Å²) in [6, 6.07) is 5.99. The molecule has 0 aromatic heterocycles. The molecular formula is C13H16FNO2. The maximum atomic E-state index is 12.8. The molecule has 1 amide bonds. The van der Waals surface area contributed by atoms with Crippen LogP contribution in [0.25, 0.3) is 0 Å². The molecule has 1 N–H and O–H groups in total. The molecule has 0 spiro atoms. The third kappa shape index (κ3) is 2.47. The Hall–Kier alpha value is -1.42. The van der Waals surface area contributed by atoms with Crippen molar-refractivity contribution in [2.75, 3.05) is 6.54 Å². The van der Waals surface area contributed by atoms with Crippen molar-refractivity contribution in [3.05, 3.63) is 35.6 Å². The van der Waals surface area contributed by atoms with Gasteiger partial charge in [0.25, 0.3) is 5.91 Å². The molecule has 0 radical (unpaired) electrons. The third-order valence-electron chi connectivity index (χ3n) is 3.26. The first-order valence-corrected chi connectivity index (χ1v) is 5.83. The number of halogens is 1. The zero-order valence-electron chi connectivity index (χ0n) is 9.77. The molecule has 1 fully saturated rings. The molecule has 1 aliphatic rings. The predicted octanol–water partition coefficient (Wildman–Crippen LogP) is 1.87. The van der Waals surface area contributed by atoms with Gasteiger partial charge in [0.15, 0.2) is 0 Å².